The fourth-order valence-corrected chi connectivity index (χ4v) is 4.34. The van der Waals surface area contributed by atoms with Crippen molar-refractivity contribution in [2.45, 2.75) is 52.0 Å². The molecule has 0 aliphatic rings. The van der Waals surface area contributed by atoms with Gasteiger partial charge in [0, 0.05) is 6.54 Å². The lowest BCUT2D eigenvalue weighted by Gasteiger charge is -2.14. The molecule has 1 aromatic heterocycles. The van der Waals surface area contributed by atoms with E-state index in [2.05, 4.69) is 20.8 Å². The van der Waals surface area contributed by atoms with Gasteiger partial charge in [0.25, 0.3) is 5.91 Å². The molecule has 9 heteroatoms. The predicted molar refractivity (Wildman–Crippen MR) is 133 cm³/mol. The van der Waals surface area contributed by atoms with E-state index in [1.165, 1.54) is 11.8 Å². The maximum atomic E-state index is 12.4. The highest BCUT2D eigenvalue weighted by Crippen LogP contribution is 2.22. The third-order valence-electron chi connectivity index (χ3n) is 5.32. The molecule has 34 heavy (non-hydrogen) atoms. The summed E-state index contributed by atoms with van der Waals surface area (Å²) >= 11 is 1.32. The number of amides is 2. The Morgan fingerprint density at radius 3 is 2.41 bits per heavy atom. The second-order valence-corrected chi connectivity index (χ2v) is 8.86. The van der Waals surface area contributed by atoms with Crippen LogP contribution in [0.3, 0.4) is 0 Å². The molecule has 1 heterocycles. The average molecular weight is 482 g/mol. The molecule has 0 aliphatic carbocycles. The monoisotopic (exact) mass is 481 g/mol. The van der Waals surface area contributed by atoms with Crippen LogP contribution in [-0.2, 0) is 22.7 Å². The molecular formula is C25H31N5O3S. The molecule has 1 atom stereocenters. The Kier molecular flexibility index (Phi) is 9.09. The molecule has 2 aromatic carbocycles. The number of para-hydroxylation sites is 1. The first-order valence-electron chi connectivity index (χ1n) is 11.2. The number of ether oxygens (including phenoxy) is 1. The van der Waals surface area contributed by atoms with Crippen molar-refractivity contribution in [3.05, 3.63) is 71.0 Å². The van der Waals surface area contributed by atoms with Crippen LogP contribution in [0.15, 0.2) is 53.7 Å². The minimum absolute atomic E-state index is 0.0743. The second-order valence-electron chi connectivity index (χ2n) is 7.92. The first-order valence-corrected chi connectivity index (χ1v) is 12.2. The molecule has 0 fully saturated rings. The van der Waals surface area contributed by atoms with Crippen molar-refractivity contribution in [1.29, 1.82) is 0 Å². The lowest BCUT2D eigenvalue weighted by Crippen LogP contribution is -2.30. The van der Waals surface area contributed by atoms with Crippen LogP contribution in [0.4, 0.5) is 0 Å². The number of rotatable bonds is 11. The highest BCUT2D eigenvalue weighted by atomic mass is 32.2. The number of carbonyl (C=O) groups excluding carboxylic acids is 2. The highest BCUT2D eigenvalue weighted by Gasteiger charge is 2.16. The lowest BCUT2D eigenvalue weighted by atomic mass is 10.1. The van der Waals surface area contributed by atoms with E-state index in [-0.39, 0.29) is 36.8 Å². The molecule has 0 saturated heterocycles. The third-order valence-corrected chi connectivity index (χ3v) is 6.29. The molecular weight excluding hydrogens is 450 g/mol. The number of thioether (sulfide) groups is 1. The summed E-state index contributed by atoms with van der Waals surface area (Å²) in [4.78, 5) is 24.7. The standard InChI is InChI=1S/C25H31N5O3S/c1-5-30-21(14-26-22(31)15-33-24-17(2)10-9-11-18(24)3)28-29-25(30)34-16-23(32)27-19(4)20-12-7-6-8-13-20/h6-13,19H,5,14-16H2,1-4H3,(H,26,31)(H,27,32)/t19-/m1/s1. The normalized spacial score (nSPS) is 11.6. The summed E-state index contributed by atoms with van der Waals surface area (Å²) < 4.78 is 7.60. The van der Waals surface area contributed by atoms with Crippen LogP contribution in [0.5, 0.6) is 5.75 Å². The van der Waals surface area contributed by atoms with Gasteiger partial charge < -0.3 is 19.9 Å². The number of hydrogen-bond donors (Lipinski definition) is 2. The summed E-state index contributed by atoms with van der Waals surface area (Å²) in [5, 5.41) is 14.9. The van der Waals surface area contributed by atoms with Gasteiger partial charge in [-0.25, -0.2) is 0 Å². The molecule has 0 aliphatic heterocycles. The number of carbonyl (C=O) groups is 2. The summed E-state index contributed by atoms with van der Waals surface area (Å²) in [5.74, 6) is 1.27. The molecule has 180 valence electrons. The van der Waals surface area contributed by atoms with Gasteiger partial charge >= 0.3 is 0 Å². The number of aromatic nitrogens is 3. The van der Waals surface area contributed by atoms with Crippen molar-refractivity contribution in [3.63, 3.8) is 0 Å². The van der Waals surface area contributed by atoms with Crippen LogP contribution >= 0.6 is 11.8 Å². The van der Waals surface area contributed by atoms with Crippen LogP contribution in [-0.4, -0.2) is 38.9 Å². The lowest BCUT2D eigenvalue weighted by molar-refractivity contribution is -0.123. The maximum absolute atomic E-state index is 12.4. The number of hydrogen-bond acceptors (Lipinski definition) is 6. The van der Waals surface area contributed by atoms with Gasteiger partial charge in [-0.2, -0.15) is 0 Å². The van der Waals surface area contributed by atoms with Crippen LogP contribution in [0, 0.1) is 13.8 Å². The minimum atomic E-state index is -0.239. The molecule has 0 radical (unpaired) electrons. The Balaban J connectivity index is 1.48. The van der Waals surface area contributed by atoms with E-state index in [9.17, 15) is 9.59 Å². The zero-order valence-corrected chi connectivity index (χ0v) is 20.8. The van der Waals surface area contributed by atoms with Crippen molar-refractivity contribution in [2.24, 2.45) is 0 Å². The van der Waals surface area contributed by atoms with Crippen LogP contribution in [0.25, 0.3) is 0 Å². The number of nitrogens with one attached hydrogen (secondary N) is 2. The molecule has 0 spiro atoms. The zero-order valence-electron chi connectivity index (χ0n) is 20.0. The average Bonchev–Trinajstić information content (AvgIpc) is 3.23. The van der Waals surface area contributed by atoms with E-state index in [4.69, 9.17) is 4.74 Å². The van der Waals surface area contributed by atoms with Gasteiger partial charge in [-0.3, -0.25) is 9.59 Å². The molecule has 0 unspecified atom stereocenters. The van der Waals surface area contributed by atoms with Gasteiger partial charge in [-0.1, -0.05) is 60.3 Å². The molecule has 3 aromatic rings. The Bertz CT molecular complexity index is 1100. The van der Waals surface area contributed by atoms with Crippen molar-refractivity contribution in [2.75, 3.05) is 12.4 Å². The van der Waals surface area contributed by atoms with E-state index >= 15 is 0 Å². The Morgan fingerprint density at radius 2 is 1.74 bits per heavy atom. The second kappa shape index (κ2) is 12.2. The van der Waals surface area contributed by atoms with Gasteiger partial charge in [0.2, 0.25) is 5.91 Å². The summed E-state index contributed by atoms with van der Waals surface area (Å²) in [6.45, 7) is 8.61. The molecule has 3 rings (SSSR count). The number of nitrogens with zero attached hydrogens (tertiary/aromatic N) is 3. The molecule has 2 amide bonds. The summed E-state index contributed by atoms with van der Waals surface area (Å²) in [5.41, 5.74) is 3.03. The minimum Gasteiger partial charge on any atom is -0.483 e. The van der Waals surface area contributed by atoms with Gasteiger partial charge in [0.1, 0.15) is 5.75 Å². The Hall–Kier alpha value is -3.33. The largest absolute Gasteiger partial charge is 0.483 e. The van der Waals surface area contributed by atoms with Crippen LogP contribution in [0.1, 0.15) is 42.4 Å². The van der Waals surface area contributed by atoms with Gasteiger partial charge in [-0.05, 0) is 44.4 Å². The molecule has 0 bridgehead atoms. The van der Waals surface area contributed by atoms with Crippen molar-refractivity contribution in [3.8, 4) is 5.75 Å². The summed E-state index contributed by atoms with van der Waals surface area (Å²) in [6, 6.07) is 15.6. The van der Waals surface area contributed by atoms with E-state index in [0.717, 1.165) is 22.4 Å². The van der Waals surface area contributed by atoms with Gasteiger partial charge in [-0.15, -0.1) is 10.2 Å². The summed E-state index contributed by atoms with van der Waals surface area (Å²) in [6.07, 6.45) is 0. The highest BCUT2D eigenvalue weighted by molar-refractivity contribution is 7.99. The first-order chi connectivity index (χ1) is 16.4. The van der Waals surface area contributed by atoms with Crippen molar-refractivity contribution >= 4 is 23.6 Å². The maximum Gasteiger partial charge on any atom is 0.258 e. The summed E-state index contributed by atoms with van der Waals surface area (Å²) in [7, 11) is 0. The molecule has 0 saturated carbocycles. The SMILES string of the molecule is CCn1c(CNC(=O)COc2c(C)cccc2C)nnc1SCC(=O)N[C@H](C)c1ccccc1. The van der Waals surface area contributed by atoms with E-state index in [0.29, 0.717) is 17.5 Å². The first kappa shape index (κ1) is 25.3. The van der Waals surface area contributed by atoms with Crippen LogP contribution < -0.4 is 15.4 Å². The molecule has 8 nitrogen and oxygen atoms in total. The molecule has 2 N–H and O–H groups in total. The van der Waals surface area contributed by atoms with Crippen molar-refractivity contribution in [1.82, 2.24) is 25.4 Å². The number of aryl methyl sites for hydroxylation is 2. The fourth-order valence-electron chi connectivity index (χ4n) is 3.51. The van der Waals surface area contributed by atoms with Crippen molar-refractivity contribution < 1.29 is 14.3 Å². The van der Waals surface area contributed by atoms with Gasteiger partial charge in [0.15, 0.2) is 17.6 Å². The zero-order chi connectivity index (χ0) is 24.5. The van der Waals surface area contributed by atoms with E-state index < -0.39 is 0 Å². The van der Waals surface area contributed by atoms with E-state index in [1.807, 2.05) is 80.8 Å². The fraction of sp³-hybridized carbons (Fsp3) is 0.360. The topological polar surface area (TPSA) is 98.1 Å². The quantitative estimate of drug-likeness (QED) is 0.406. The van der Waals surface area contributed by atoms with Gasteiger partial charge in [0.05, 0.1) is 18.3 Å². The Morgan fingerprint density at radius 1 is 1.03 bits per heavy atom. The third kappa shape index (κ3) is 6.84. The number of benzene rings is 2. The predicted octanol–water partition coefficient (Wildman–Crippen LogP) is 3.58. The Labute approximate surface area is 204 Å². The van der Waals surface area contributed by atoms with Crippen LogP contribution in [0.2, 0.25) is 0 Å². The van der Waals surface area contributed by atoms with E-state index in [1.54, 1.807) is 0 Å². The smallest absolute Gasteiger partial charge is 0.258 e.